The Hall–Kier alpha value is -2.14. The van der Waals surface area contributed by atoms with Crippen molar-refractivity contribution in [2.24, 2.45) is 5.92 Å². The predicted molar refractivity (Wildman–Crippen MR) is 110 cm³/mol. The molecule has 1 aromatic carbocycles. The fourth-order valence-electron chi connectivity index (χ4n) is 2.94. The number of ether oxygens (including phenoxy) is 2. The maximum absolute atomic E-state index is 13.0. The highest BCUT2D eigenvalue weighted by atomic mass is 16.5. The lowest BCUT2D eigenvalue weighted by Gasteiger charge is -2.28. The molecule has 1 amide bonds. The molecular weight excluding hydrogens is 340 g/mol. The summed E-state index contributed by atoms with van der Waals surface area (Å²) in [7, 11) is 0. The van der Waals surface area contributed by atoms with Crippen LogP contribution in [-0.4, -0.2) is 29.7 Å². The Morgan fingerprint density at radius 1 is 1.22 bits per heavy atom. The molecule has 2 aromatic rings. The molecule has 0 aliphatic carbocycles. The van der Waals surface area contributed by atoms with Crippen molar-refractivity contribution < 1.29 is 14.3 Å². The van der Waals surface area contributed by atoms with Gasteiger partial charge in [-0.25, -0.2) is 0 Å². The number of rotatable bonds is 10. The Balaban J connectivity index is 2.30. The van der Waals surface area contributed by atoms with Gasteiger partial charge in [0.15, 0.2) is 0 Å². The van der Waals surface area contributed by atoms with Crippen LogP contribution in [0.25, 0.3) is 10.9 Å². The molecule has 0 saturated carbocycles. The van der Waals surface area contributed by atoms with E-state index in [1.165, 1.54) is 0 Å². The number of benzene rings is 1. The van der Waals surface area contributed by atoms with Gasteiger partial charge < -0.3 is 14.8 Å². The van der Waals surface area contributed by atoms with Crippen LogP contribution in [0, 0.1) is 5.92 Å². The molecule has 0 unspecified atom stereocenters. The van der Waals surface area contributed by atoms with Crippen LogP contribution in [0.2, 0.25) is 0 Å². The minimum Gasteiger partial charge on any atom is -0.491 e. The van der Waals surface area contributed by atoms with Gasteiger partial charge in [-0.2, -0.15) is 0 Å². The van der Waals surface area contributed by atoms with Gasteiger partial charge in [-0.1, -0.05) is 34.1 Å². The summed E-state index contributed by atoms with van der Waals surface area (Å²) < 4.78 is 11.8. The van der Waals surface area contributed by atoms with Gasteiger partial charge in [0, 0.05) is 18.2 Å². The smallest absolute Gasteiger partial charge is 0.256 e. The Morgan fingerprint density at radius 2 is 2.00 bits per heavy atom. The number of nitrogens with zero attached hydrogens (tertiary/aromatic N) is 1. The zero-order valence-electron chi connectivity index (χ0n) is 17.2. The second-order valence-corrected chi connectivity index (χ2v) is 7.50. The van der Waals surface area contributed by atoms with Gasteiger partial charge in [0.1, 0.15) is 16.9 Å². The van der Waals surface area contributed by atoms with Gasteiger partial charge in [0.05, 0.1) is 12.3 Å². The number of hydrogen-bond acceptors (Lipinski definition) is 4. The Morgan fingerprint density at radius 3 is 2.67 bits per heavy atom. The third kappa shape index (κ3) is 5.42. The molecule has 27 heavy (non-hydrogen) atoms. The Kier molecular flexibility index (Phi) is 7.60. The molecule has 148 valence electrons. The van der Waals surface area contributed by atoms with Crippen LogP contribution >= 0.6 is 0 Å². The van der Waals surface area contributed by atoms with E-state index in [0.29, 0.717) is 25.6 Å². The van der Waals surface area contributed by atoms with Crippen LogP contribution in [0.3, 0.4) is 0 Å². The van der Waals surface area contributed by atoms with Gasteiger partial charge in [-0.15, -0.1) is 0 Å². The fraction of sp³-hybridized carbons (Fsp3) is 0.545. The Labute approximate surface area is 162 Å². The van der Waals surface area contributed by atoms with E-state index in [1.54, 1.807) is 6.20 Å². The van der Waals surface area contributed by atoms with Crippen LogP contribution in [0.4, 0.5) is 5.69 Å². The summed E-state index contributed by atoms with van der Waals surface area (Å²) in [5.41, 5.74) is 0.636. The molecule has 0 radical (unpaired) electrons. The van der Waals surface area contributed by atoms with Gasteiger partial charge >= 0.3 is 0 Å². The molecule has 1 aromatic heterocycles. The highest BCUT2D eigenvalue weighted by Crippen LogP contribution is 2.31. The second kappa shape index (κ2) is 9.70. The van der Waals surface area contributed by atoms with Crippen molar-refractivity contribution >= 4 is 22.5 Å². The van der Waals surface area contributed by atoms with E-state index in [0.717, 1.165) is 35.2 Å². The number of nitrogens with one attached hydrogen (secondary N) is 1. The SMILES string of the molecule is CCCO[C@@](C)(CCC)C(=O)Nc1ccc(OCC(C)C)c2ncccc12. The summed E-state index contributed by atoms with van der Waals surface area (Å²) in [5.74, 6) is 1.03. The van der Waals surface area contributed by atoms with Crippen molar-refractivity contribution in [1.29, 1.82) is 0 Å². The number of anilines is 1. The first-order valence-corrected chi connectivity index (χ1v) is 9.87. The van der Waals surface area contributed by atoms with Crippen molar-refractivity contribution in [2.75, 3.05) is 18.5 Å². The number of amides is 1. The molecule has 0 spiro atoms. The second-order valence-electron chi connectivity index (χ2n) is 7.50. The van der Waals surface area contributed by atoms with Crippen molar-refractivity contribution in [1.82, 2.24) is 4.98 Å². The molecule has 1 atom stereocenters. The third-order valence-corrected chi connectivity index (χ3v) is 4.39. The van der Waals surface area contributed by atoms with Gasteiger partial charge in [-0.05, 0) is 49.9 Å². The monoisotopic (exact) mass is 372 g/mol. The molecule has 0 fully saturated rings. The van der Waals surface area contributed by atoms with Crippen molar-refractivity contribution in [3.05, 3.63) is 30.5 Å². The van der Waals surface area contributed by atoms with E-state index < -0.39 is 5.60 Å². The summed E-state index contributed by atoms with van der Waals surface area (Å²) in [6, 6.07) is 7.56. The zero-order valence-corrected chi connectivity index (χ0v) is 17.2. The van der Waals surface area contributed by atoms with Crippen LogP contribution in [0.1, 0.15) is 53.9 Å². The first kappa shape index (κ1) is 21.2. The number of carbonyl (C=O) groups is 1. The summed E-state index contributed by atoms with van der Waals surface area (Å²) in [6.07, 6.45) is 4.16. The molecular formula is C22H32N2O3. The quantitative estimate of drug-likeness (QED) is 0.623. The molecule has 2 rings (SSSR count). The van der Waals surface area contributed by atoms with Crippen LogP contribution < -0.4 is 10.1 Å². The van der Waals surface area contributed by atoms with Gasteiger partial charge in [0.25, 0.3) is 5.91 Å². The molecule has 0 bridgehead atoms. The van der Waals surface area contributed by atoms with Crippen molar-refractivity contribution in [2.45, 2.75) is 59.5 Å². The molecule has 0 saturated heterocycles. The van der Waals surface area contributed by atoms with Gasteiger partial charge in [-0.3, -0.25) is 9.78 Å². The summed E-state index contributed by atoms with van der Waals surface area (Å²) in [5, 5.41) is 3.91. The predicted octanol–water partition coefficient (Wildman–Crippen LogP) is 5.19. The lowest BCUT2D eigenvalue weighted by atomic mass is 9.98. The molecule has 0 aliphatic rings. The maximum atomic E-state index is 13.0. The lowest BCUT2D eigenvalue weighted by molar-refractivity contribution is -0.140. The summed E-state index contributed by atoms with van der Waals surface area (Å²) >= 11 is 0. The molecule has 5 nitrogen and oxygen atoms in total. The van der Waals surface area contributed by atoms with Crippen LogP contribution in [0.15, 0.2) is 30.5 Å². The standard InChI is InChI=1S/C22H32N2O3/c1-6-12-22(5,27-14-7-2)21(25)24-18-10-11-19(26-15-16(3)4)20-17(18)9-8-13-23-20/h8-11,13,16H,6-7,12,14-15H2,1-5H3,(H,24,25)/t22-/m0/s1. The zero-order chi connectivity index (χ0) is 19.9. The number of fused-ring (bicyclic) bond motifs is 1. The van der Waals surface area contributed by atoms with Crippen molar-refractivity contribution in [3.63, 3.8) is 0 Å². The van der Waals surface area contributed by atoms with E-state index in [9.17, 15) is 4.79 Å². The topological polar surface area (TPSA) is 60.5 Å². The van der Waals surface area contributed by atoms with Crippen LogP contribution in [0.5, 0.6) is 5.75 Å². The number of hydrogen-bond donors (Lipinski definition) is 1. The number of aromatic nitrogens is 1. The minimum atomic E-state index is -0.841. The van der Waals surface area contributed by atoms with Gasteiger partial charge in [0.2, 0.25) is 0 Å². The van der Waals surface area contributed by atoms with E-state index in [-0.39, 0.29) is 5.91 Å². The van der Waals surface area contributed by atoms with E-state index in [1.807, 2.05) is 38.1 Å². The third-order valence-electron chi connectivity index (χ3n) is 4.39. The minimum absolute atomic E-state index is 0.126. The van der Waals surface area contributed by atoms with Crippen molar-refractivity contribution in [3.8, 4) is 5.75 Å². The largest absolute Gasteiger partial charge is 0.491 e. The highest BCUT2D eigenvalue weighted by molar-refractivity contribution is 6.05. The van der Waals surface area contributed by atoms with E-state index >= 15 is 0 Å². The first-order valence-electron chi connectivity index (χ1n) is 9.87. The lowest BCUT2D eigenvalue weighted by Crippen LogP contribution is -2.43. The number of pyridine rings is 1. The maximum Gasteiger partial charge on any atom is 0.256 e. The fourth-order valence-corrected chi connectivity index (χ4v) is 2.94. The summed E-state index contributed by atoms with van der Waals surface area (Å²) in [6.45, 7) is 11.4. The molecule has 1 N–H and O–H groups in total. The van der Waals surface area contributed by atoms with Crippen LogP contribution in [-0.2, 0) is 9.53 Å². The van der Waals surface area contributed by atoms with E-state index in [4.69, 9.17) is 9.47 Å². The average Bonchev–Trinajstić information content (AvgIpc) is 2.65. The normalized spacial score (nSPS) is 13.6. The summed E-state index contributed by atoms with van der Waals surface area (Å²) in [4.78, 5) is 17.5. The average molecular weight is 373 g/mol. The number of carbonyl (C=O) groups excluding carboxylic acids is 1. The van der Waals surface area contributed by atoms with E-state index in [2.05, 4.69) is 31.1 Å². The highest BCUT2D eigenvalue weighted by Gasteiger charge is 2.33. The molecule has 0 aliphatic heterocycles. The molecule has 1 heterocycles. The first-order chi connectivity index (χ1) is 12.9. The Bertz CT molecular complexity index is 760. The molecule has 5 heteroatoms.